The van der Waals surface area contributed by atoms with Crippen molar-refractivity contribution in [3.63, 3.8) is 0 Å². The van der Waals surface area contributed by atoms with Gasteiger partial charge in [-0.2, -0.15) is 0 Å². The summed E-state index contributed by atoms with van der Waals surface area (Å²) in [6, 6.07) is 0. The van der Waals surface area contributed by atoms with Gasteiger partial charge in [0.15, 0.2) is 0 Å². The molecule has 1 heterocycles. The number of hydrogen-bond acceptors (Lipinski definition) is 4. The Bertz CT molecular complexity index is 492. The first kappa shape index (κ1) is 18.6. The van der Waals surface area contributed by atoms with Gasteiger partial charge in [0.05, 0.1) is 23.9 Å². The number of aliphatic hydroxyl groups is 3. The first-order chi connectivity index (χ1) is 11.0. The second-order valence-electron chi connectivity index (χ2n) is 10.0. The predicted octanol–water partition coefficient (Wildman–Crippen LogP) is 2.88. The van der Waals surface area contributed by atoms with Gasteiger partial charge in [-0.05, 0) is 68.6 Å². The van der Waals surface area contributed by atoms with Gasteiger partial charge in [-0.25, -0.2) is 0 Å². The number of hydrogen-bond donors (Lipinski definition) is 3. The fraction of sp³-hybridized carbons (Fsp3) is 1.00. The van der Waals surface area contributed by atoms with Gasteiger partial charge >= 0.3 is 0 Å². The van der Waals surface area contributed by atoms with Gasteiger partial charge in [-0.1, -0.05) is 27.2 Å². The first-order valence-electron chi connectivity index (χ1n) is 9.67. The lowest BCUT2D eigenvalue weighted by atomic mass is 9.43. The normalized spacial score (nSPS) is 52.2. The zero-order valence-electron chi connectivity index (χ0n) is 16.0. The second kappa shape index (κ2) is 5.67. The minimum Gasteiger partial charge on any atom is -0.394 e. The molecule has 7 atom stereocenters. The fourth-order valence-electron chi connectivity index (χ4n) is 6.68. The Labute approximate surface area is 146 Å². The maximum atomic E-state index is 11.1. The maximum Gasteiger partial charge on any atom is 0.106 e. The highest BCUT2D eigenvalue weighted by atomic mass is 16.6. The smallest absolute Gasteiger partial charge is 0.106 e. The van der Waals surface area contributed by atoms with Crippen molar-refractivity contribution in [1.29, 1.82) is 0 Å². The van der Waals surface area contributed by atoms with Crippen molar-refractivity contribution in [3.8, 4) is 0 Å². The summed E-state index contributed by atoms with van der Waals surface area (Å²) in [4.78, 5) is 0. The van der Waals surface area contributed by atoms with Crippen molar-refractivity contribution in [2.75, 3.05) is 6.61 Å². The highest BCUT2D eigenvalue weighted by Crippen LogP contribution is 2.65. The molecule has 0 aromatic heterocycles. The summed E-state index contributed by atoms with van der Waals surface area (Å²) in [5, 5.41) is 30.7. The molecule has 0 aromatic rings. The van der Waals surface area contributed by atoms with Crippen LogP contribution in [-0.2, 0) is 4.74 Å². The third-order valence-corrected chi connectivity index (χ3v) is 8.14. The average molecular weight is 341 g/mol. The third-order valence-electron chi connectivity index (χ3n) is 8.14. The quantitative estimate of drug-likeness (QED) is 0.723. The summed E-state index contributed by atoms with van der Waals surface area (Å²) < 4.78 is 6.45. The zero-order chi connectivity index (χ0) is 18.0. The minimum atomic E-state index is -0.907. The lowest BCUT2D eigenvalue weighted by molar-refractivity contribution is -0.317. The fourth-order valence-corrected chi connectivity index (χ4v) is 6.68. The van der Waals surface area contributed by atoms with E-state index >= 15 is 0 Å². The molecule has 4 nitrogen and oxygen atoms in total. The Morgan fingerprint density at radius 1 is 1.04 bits per heavy atom. The van der Waals surface area contributed by atoms with E-state index < -0.39 is 23.4 Å². The Morgan fingerprint density at radius 3 is 2.33 bits per heavy atom. The van der Waals surface area contributed by atoms with E-state index in [4.69, 9.17) is 4.74 Å². The van der Waals surface area contributed by atoms with Crippen molar-refractivity contribution in [1.82, 2.24) is 0 Å². The van der Waals surface area contributed by atoms with Crippen LogP contribution in [0.3, 0.4) is 0 Å². The van der Waals surface area contributed by atoms with Crippen LogP contribution in [0.5, 0.6) is 0 Å². The molecule has 0 amide bonds. The Morgan fingerprint density at radius 2 is 1.71 bits per heavy atom. The second-order valence-corrected chi connectivity index (χ2v) is 10.0. The van der Waals surface area contributed by atoms with E-state index in [1.165, 1.54) is 19.3 Å². The van der Waals surface area contributed by atoms with Crippen LogP contribution >= 0.6 is 0 Å². The molecule has 3 N–H and O–H groups in total. The lowest BCUT2D eigenvalue weighted by Crippen LogP contribution is -2.69. The molecule has 2 aliphatic carbocycles. The van der Waals surface area contributed by atoms with E-state index in [1.807, 2.05) is 13.8 Å². The molecule has 1 saturated heterocycles. The molecule has 3 fully saturated rings. The van der Waals surface area contributed by atoms with Crippen LogP contribution in [0.1, 0.15) is 73.1 Å². The molecule has 4 heteroatoms. The summed E-state index contributed by atoms with van der Waals surface area (Å²) in [6.45, 7) is 10.7. The Balaban J connectivity index is 1.97. The van der Waals surface area contributed by atoms with Gasteiger partial charge in [-0.3, -0.25) is 0 Å². The highest BCUT2D eigenvalue weighted by Gasteiger charge is 2.65. The molecule has 140 valence electrons. The molecule has 0 radical (unpaired) electrons. The van der Waals surface area contributed by atoms with Crippen LogP contribution in [-0.4, -0.2) is 45.3 Å². The number of fused-ring (bicyclic) bond motifs is 3. The third kappa shape index (κ3) is 2.48. The van der Waals surface area contributed by atoms with E-state index in [2.05, 4.69) is 20.8 Å². The van der Waals surface area contributed by atoms with Gasteiger partial charge in [0.1, 0.15) is 6.10 Å². The van der Waals surface area contributed by atoms with Crippen molar-refractivity contribution in [3.05, 3.63) is 0 Å². The number of aliphatic hydroxyl groups excluding tert-OH is 3. The Hall–Kier alpha value is -0.160. The van der Waals surface area contributed by atoms with Gasteiger partial charge in [0, 0.05) is 0 Å². The molecule has 0 spiro atoms. The molecule has 3 aliphatic rings. The van der Waals surface area contributed by atoms with E-state index in [1.54, 1.807) is 0 Å². The van der Waals surface area contributed by atoms with Gasteiger partial charge in [0.25, 0.3) is 0 Å². The van der Waals surface area contributed by atoms with E-state index in [9.17, 15) is 15.3 Å². The van der Waals surface area contributed by atoms with Crippen LogP contribution in [0.25, 0.3) is 0 Å². The molecular weight excluding hydrogens is 304 g/mol. The van der Waals surface area contributed by atoms with Crippen molar-refractivity contribution in [2.24, 2.45) is 22.7 Å². The first-order valence-corrected chi connectivity index (χ1v) is 9.67. The van der Waals surface area contributed by atoms with Crippen LogP contribution < -0.4 is 0 Å². The summed E-state index contributed by atoms with van der Waals surface area (Å²) in [6.07, 6.45) is 4.65. The van der Waals surface area contributed by atoms with Gasteiger partial charge < -0.3 is 20.1 Å². The van der Waals surface area contributed by atoms with E-state index in [0.29, 0.717) is 5.92 Å². The SMILES string of the molecule is CC1(C)CCC[C@]2(C)[C@H]3CC[C@](C)([C@@H](O)CO)O[C@]3(C)[C@@H](O)C[C@@H]12. The Kier molecular flexibility index (Phi) is 4.40. The molecule has 0 bridgehead atoms. The topological polar surface area (TPSA) is 69.9 Å². The average Bonchev–Trinajstić information content (AvgIpc) is 2.48. The van der Waals surface area contributed by atoms with Crippen LogP contribution in [0.4, 0.5) is 0 Å². The largest absolute Gasteiger partial charge is 0.394 e. The van der Waals surface area contributed by atoms with Crippen molar-refractivity contribution < 1.29 is 20.1 Å². The van der Waals surface area contributed by atoms with Crippen LogP contribution in [0.15, 0.2) is 0 Å². The zero-order valence-corrected chi connectivity index (χ0v) is 16.0. The van der Waals surface area contributed by atoms with Crippen LogP contribution in [0, 0.1) is 22.7 Å². The molecular formula is C20H36O4. The summed E-state index contributed by atoms with van der Waals surface area (Å²) in [5.41, 5.74) is -1.02. The number of rotatable bonds is 2. The lowest BCUT2D eigenvalue weighted by Gasteiger charge is -2.66. The van der Waals surface area contributed by atoms with E-state index in [-0.39, 0.29) is 23.4 Å². The minimum absolute atomic E-state index is 0.168. The van der Waals surface area contributed by atoms with Gasteiger partial charge in [-0.15, -0.1) is 0 Å². The monoisotopic (exact) mass is 340 g/mol. The predicted molar refractivity (Wildman–Crippen MR) is 93.6 cm³/mol. The van der Waals surface area contributed by atoms with E-state index in [0.717, 1.165) is 19.3 Å². The molecule has 1 aliphatic heterocycles. The number of ether oxygens (including phenoxy) is 1. The maximum absolute atomic E-state index is 11.1. The molecule has 3 rings (SSSR count). The van der Waals surface area contributed by atoms with Crippen LogP contribution in [0.2, 0.25) is 0 Å². The molecule has 0 unspecified atom stereocenters. The molecule has 2 saturated carbocycles. The summed E-state index contributed by atoms with van der Waals surface area (Å²) >= 11 is 0. The standard InChI is InChI=1S/C20H36O4/c1-17(2)8-6-9-18(3)13-7-10-19(4,16(23)12-21)24-20(13,5)15(22)11-14(17)18/h13-16,21-23H,6-12H2,1-5H3/t13-,14+,15+,16+,18-,19-,20+/m1/s1. The highest BCUT2D eigenvalue weighted by molar-refractivity contribution is 5.14. The molecule has 24 heavy (non-hydrogen) atoms. The summed E-state index contributed by atoms with van der Waals surface area (Å²) in [7, 11) is 0. The van der Waals surface area contributed by atoms with Gasteiger partial charge in [0.2, 0.25) is 0 Å². The van der Waals surface area contributed by atoms with Crippen molar-refractivity contribution in [2.45, 2.75) is 96.6 Å². The van der Waals surface area contributed by atoms with Crippen molar-refractivity contribution >= 4 is 0 Å². The summed E-state index contributed by atoms with van der Waals surface area (Å²) in [5.74, 6) is 0.792. The molecule has 0 aromatic carbocycles.